The van der Waals surface area contributed by atoms with Gasteiger partial charge >= 0.3 is 0 Å². The van der Waals surface area contributed by atoms with Gasteiger partial charge in [-0.05, 0) is 51.5 Å². The molecule has 0 aromatic carbocycles. The Hall–Kier alpha value is 0.400. The summed E-state index contributed by atoms with van der Waals surface area (Å²) in [5, 5.41) is 0. The zero-order valence-corrected chi connectivity index (χ0v) is 13.8. The second kappa shape index (κ2) is 6.03. The predicted octanol–water partition coefficient (Wildman–Crippen LogP) is 3.97. The molecule has 1 saturated heterocycles. The van der Waals surface area contributed by atoms with E-state index in [1.807, 2.05) is 0 Å². The largest absolute Gasteiger partial charge is 0.370 e. The second-order valence-corrected chi connectivity index (χ2v) is 8.47. The van der Waals surface area contributed by atoms with Crippen LogP contribution in [0.1, 0.15) is 57.8 Å². The molecule has 0 amide bonds. The van der Waals surface area contributed by atoms with Crippen LogP contribution in [0, 0.1) is 5.92 Å². The molecule has 0 N–H and O–H groups in total. The number of nitrogens with zero attached hydrogens (tertiary/aromatic N) is 1. The van der Waals surface area contributed by atoms with Crippen molar-refractivity contribution in [2.24, 2.45) is 5.92 Å². The highest BCUT2D eigenvalue weighted by atomic mass is 79.9. The average Bonchev–Trinajstić information content (AvgIpc) is 2.71. The summed E-state index contributed by atoms with van der Waals surface area (Å²) >= 11 is 3.68. The monoisotopic (exact) mass is 329 g/mol. The number of hydrogen-bond acceptors (Lipinski definition) is 2. The van der Waals surface area contributed by atoms with E-state index in [1.54, 1.807) is 0 Å². The van der Waals surface area contributed by atoms with Gasteiger partial charge in [-0.15, -0.1) is 0 Å². The van der Waals surface area contributed by atoms with E-state index in [9.17, 15) is 0 Å². The van der Waals surface area contributed by atoms with Gasteiger partial charge in [0.2, 0.25) is 0 Å². The first-order valence-electron chi connectivity index (χ1n) is 8.16. The van der Waals surface area contributed by atoms with Crippen molar-refractivity contribution in [3.05, 3.63) is 0 Å². The summed E-state index contributed by atoms with van der Waals surface area (Å²) in [4.78, 5) is 3.30. The van der Waals surface area contributed by atoms with Crippen molar-refractivity contribution in [2.45, 2.75) is 74.3 Å². The van der Waals surface area contributed by atoms with E-state index in [1.165, 1.54) is 64.3 Å². The predicted molar refractivity (Wildman–Crippen MR) is 82.9 cm³/mol. The standard InChI is InChI=1S/C16H28BrNO/c1-18(11-13-9-14(17)10-13)12-15-5-8-16(19-15)6-3-2-4-7-16/h13-15H,2-12H2,1H3. The summed E-state index contributed by atoms with van der Waals surface area (Å²) in [6.45, 7) is 2.40. The lowest BCUT2D eigenvalue weighted by Crippen LogP contribution is -2.39. The van der Waals surface area contributed by atoms with E-state index in [-0.39, 0.29) is 0 Å². The maximum absolute atomic E-state index is 6.46. The third kappa shape index (κ3) is 3.54. The molecule has 110 valence electrons. The number of alkyl halides is 1. The first kappa shape index (κ1) is 14.3. The van der Waals surface area contributed by atoms with Gasteiger partial charge in [-0.25, -0.2) is 0 Å². The molecule has 2 saturated carbocycles. The van der Waals surface area contributed by atoms with Crippen LogP contribution < -0.4 is 0 Å². The first-order valence-corrected chi connectivity index (χ1v) is 9.07. The molecular weight excluding hydrogens is 302 g/mol. The van der Waals surface area contributed by atoms with Gasteiger partial charge in [0.15, 0.2) is 0 Å². The van der Waals surface area contributed by atoms with Crippen molar-refractivity contribution in [1.29, 1.82) is 0 Å². The maximum atomic E-state index is 6.46. The van der Waals surface area contributed by atoms with Gasteiger partial charge in [0.1, 0.15) is 0 Å². The molecule has 3 aliphatic rings. The van der Waals surface area contributed by atoms with Gasteiger partial charge in [-0.3, -0.25) is 0 Å². The van der Waals surface area contributed by atoms with Crippen LogP contribution in [0.25, 0.3) is 0 Å². The molecule has 1 atom stereocenters. The van der Waals surface area contributed by atoms with E-state index in [0.717, 1.165) is 17.3 Å². The summed E-state index contributed by atoms with van der Waals surface area (Å²) in [7, 11) is 2.27. The van der Waals surface area contributed by atoms with E-state index < -0.39 is 0 Å². The quantitative estimate of drug-likeness (QED) is 0.723. The third-order valence-corrected chi connectivity index (χ3v) is 6.11. The number of likely N-dealkylation sites (N-methyl/N-ethyl adjacent to an activating group) is 1. The molecule has 1 spiro atoms. The fourth-order valence-corrected chi connectivity index (χ4v) is 5.31. The summed E-state index contributed by atoms with van der Waals surface area (Å²) in [6.07, 6.45) is 12.7. The molecule has 2 aliphatic carbocycles. The summed E-state index contributed by atoms with van der Waals surface area (Å²) in [5.74, 6) is 0.916. The Morgan fingerprint density at radius 1 is 1.11 bits per heavy atom. The van der Waals surface area contributed by atoms with Crippen molar-refractivity contribution in [2.75, 3.05) is 20.1 Å². The van der Waals surface area contributed by atoms with Crippen LogP contribution in [0.5, 0.6) is 0 Å². The van der Waals surface area contributed by atoms with Crippen LogP contribution in [0.3, 0.4) is 0 Å². The molecule has 1 heterocycles. The molecule has 2 nitrogen and oxygen atoms in total. The summed E-state index contributed by atoms with van der Waals surface area (Å²) in [5.41, 5.74) is 0.293. The minimum absolute atomic E-state index is 0.293. The summed E-state index contributed by atoms with van der Waals surface area (Å²) in [6, 6.07) is 0. The average molecular weight is 330 g/mol. The molecule has 0 aromatic heterocycles. The molecule has 3 rings (SSSR count). The molecule has 1 unspecified atom stereocenters. The van der Waals surface area contributed by atoms with E-state index >= 15 is 0 Å². The maximum Gasteiger partial charge on any atom is 0.0710 e. The lowest BCUT2D eigenvalue weighted by Gasteiger charge is -2.36. The minimum atomic E-state index is 0.293. The molecule has 3 fully saturated rings. The van der Waals surface area contributed by atoms with E-state index in [2.05, 4.69) is 27.9 Å². The van der Waals surface area contributed by atoms with Crippen molar-refractivity contribution < 1.29 is 4.74 Å². The Morgan fingerprint density at radius 3 is 2.53 bits per heavy atom. The highest BCUT2D eigenvalue weighted by molar-refractivity contribution is 9.09. The first-order chi connectivity index (χ1) is 9.15. The van der Waals surface area contributed by atoms with E-state index in [4.69, 9.17) is 4.74 Å². The number of hydrogen-bond donors (Lipinski definition) is 0. The molecule has 1 aliphatic heterocycles. The van der Waals surface area contributed by atoms with Crippen molar-refractivity contribution in [1.82, 2.24) is 4.90 Å². The summed E-state index contributed by atoms with van der Waals surface area (Å²) < 4.78 is 6.46. The van der Waals surface area contributed by atoms with Crippen LogP contribution >= 0.6 is 15.9 Å². The smallest absolute Gasteiger partial charge is 0.0710 e. The number of rotatable bonds is 4. The minimum Gasteiger partial charge on any atom is -0.370 e. The van der Waals surface area contributed by atoms with Crippen molar-refractivity contribution >= 4 is 15.9 Å². The highest BCUT2D eigenvalue weighted by Crippen LogP contribution is 2.42. The molecule has 0 radical (unpaired) electrons. The van der Waals surface area contributed by atoms with Gasteiger partial charge < -0.3 is 9.64 Å². The zero-order chi connectivity index (χ0) is 13.3. The lowest BCUT2D eigenvalue weighted by atomic mass is 9.83. The van der Waals surface area contributed by atoms with Crippen LogP contribution in [0.2, 0.25) is 0 Å². The Morgan fingerprint density at radius 2 is 1.84 bits per heavy atom. The van der Waals surface area contributed by atoms with Gasteiger partial charge in [0.25, 0.3) is 0 Å². The van der Waals surface area contributed by atoms with E-state index in [0.29, 0.717) is 11.7 Å². The van der Waals surface area contributed by atoms with Gasteiger partial charge in [-0.2, -0.15) is 0 Å². The second-order valence-electron chi connectivity index (χ2n) is 7.18. The number of ether oxygens (including phenoxy) is 1. The topological polar surface area (TPSA) is 12.5 Å². The molecular formula is C16H28BrNO. The fraction of sp³-hybridized carbons (Fsp3) is 1.00. The van der Waals surface area contributed by atoms with Crippen LogP contribution in [0.4, 0.5) is 0 Å². The Kier molecular flexibility index (Phi) is 4.55. The lowest BCUT2D eigenvalue weighted by molar-refractivity contribution is -0.0712. The van der Waals surface area contributed by atoms with Crippen LogP contribution in [-0.4, -0.2) is 41.6 Å². The molecule has 19 heavy (non-hydrogen) atoms. The van der Waals surface area contributed by atoms with Crippen molar-refractivity contribution in [3.63, 3.8) is 0 Å². The van der Waals surface area contributed by atoms with Crippen LogP contribution in [0.15, 0.2) is 0 Å². The SMILES string of the molecule is CN(CC1CC(Br)C1)CC1CCC2(CCCCC2)O1. The van der Waals surface area contributed by atoms with Gasteiger partial charge in [0.05, 0.1) is 11.7 Å². The molecule has 0 aromatic rings. The molecule has 3 heteroatoms. The normalized spacial score (nSPS) is 37.7. The Bertz CT molecular complexity index is 297. The van der Waals surface area contributed by atoms with Crippen molar-refractivity contribution in [3.8, 4) is 0 Å². The number of halogens is 1. The van der Waals surface area contributed by atoms with Crippen LogP contribution in [-0.2, 0) is 4.74 Å². The Labute approximate surface area is 126 Å². The fourth-order valence-electron chi connectivity index (χ4n) is 4.25. The highest BCUT2D eigenvalue weighted by Gasteiger charge is 2.41. The zero-order valence-electron chi connectivity index (χ0n) is 12.2. The third-order valence-electron chi connectivity index (χ3n) is 5.37. The Balaban J connectivity index is 1.41. The van der Waals surface area contributed by atoms with Gasteiger partial charge in [0, 0.05) is 17.9 Å². The molecule has 0 bridgehead atoms. The van der Waals surface area contributed by atoms with Gasteiger partial charge in [-0.1, -0.05) is 35.2 Å².